The van der Waals surface area contributed by atoms with Crippen LogP contribution in [-0.4, -0.2) is 72.7 Å². The first-order valence-corrected chi connectivity index (χ1v) is 13.6. The standard InChI is InChI=1S/2C8H10N4O.C8H14O3.C2H4N4/c1-3-6-5(2)10-8-11-9-4-12(8)7(6)13;1-3-6-5(2)11-8-9-4-10-12(8)7(6)13;1-4-7(6(3)9)8(10)11-5-2;3-2-4-1-5-6-2/h4H,3H2,1-2H3,(H,10,11);4H,3H2,1-2H3,(H,9,10,11);7H,4-5H2,1-3H3;1H,(H3,3,4,5,6). The Balaban J connectivity index is 0.000000207. The van der Waals surface area contributed by atoms with Gasteiger partial charge in [0.2, 0.25) is 11.7 Å². The molecule has 0 bridgehead atoms. The fourth-order valence-electron chi connectivity index (χ4n) is 3.89. The fourth-order valence-corrected chi connectivity index (χ4v) is 3.89. The molecular formula is C26H38N12O5. The van der Waals surface area contributed by atoms with Crippen molar-refractivity contribution in [2.75, 3.05) is 12.3 Å². The van der Waals surface area contributed by atoms with Crippen molar-refractivity contribution < 1.29 is 14.3 Å². The summed E-state index contributed by atoms with van der Waals surface area (Å²) in [5.41, 5.74) is 7.99. The minimum Gasteiger partial charge on any atom is -0.465 e. The lowest BCUT2D eigenvalue weighted by Gasteiger charge is -2.08. The molecule has 0 aliphatic heterocycles. The van der Waals surface area contributed by atoms with E-state index in [-0.39, 0.29) is 16.9 Å². The number of anilines is 1. The number of nitrogens with one attached hydrogen (secondary N) is 3. The van der Waals surface area contributed by atoms with Gasteiger partial charge < -0.3 is 10.5 Å². The average Bonchev–Trinajstić information content (AvgIpc) is 3.73. The second kappa shape index (κ2) is 16.3. The minimum atomic E-state index is -0.560. The Morgan fingerprint density at radius 2 is 1.60 bits per heavy atom. The van der Waals surface area contributed by atoms with Crippen LogP contribution in [0.5, 0.6) is 0 Å². The summed E-state index contributed by atoms with van der Waals surface area (Å²) >= 11 is 0. The van der Waals surface area contributed by atoms with Crippen molar-refractivity contribution in [3.8, 4) is 0 Å². The van der Waals surface area contributed by atoms with Gasteiger partial charge in [-0.1, -0.05) is 20.8 Å². The van der Waals surface area contributed by atoms with Gasteiger partial charge in [-0.15, -0.1) is 0 Å². The van der Waals surface area contributed by atoms with Crippen molar-refractivity contribution in [3.05, 3.63) is 62.2 Å². The lowest BCUT2D eigenvalue weighted by molar-refractivity contribution is -0.151. The molecule has 5 rings (SSSR count). The summed E-state index contributed by atoms with van der Waals surface area (Å²) < 4.78 is 7.47. The molecule has 0 aliphatic rings. The Morgan fingerprint density at radius 1 is 0.953 bits per heavy atom. The zero-order valence-electron chi connectivity index (χ0n) is 25.3. The highest BCUT2D eigenvalue weighted by molar-refractivity contribution is 5.97. The monoisotopic (exact) mass is 598 g/mol. The third-order valence-corrected chi connectivity index (χ3v) is 6.10. The van der Waals surface area contributed by atoms with Gasteiger partial charge in [0.05, 0.1) is 18.0 Å². The van der Waals surface area contributed by atoms with E-state index < -0.39 is 11.9 Å². The molecule has 5 heterocycles. The number of carbonyl (C=O) groups excluding carboxylic acids is 2. The maximum Gasteiger partial charge on any atom is 0.316 e. The van der Waals surface area contributed by atoms with E-state index in [0.29, 0.717) is 43.4 Å². The van der Waals surface area contributed by atoms with Gasteiger partial charge in [0.15, 0.2) is 0 Å². The van der Waals surface area contributed by atoms with Crippen LogP contribution < -0.4 is 16.9 Å². The van der Waals surface area contributed by atoms with E-state index in [1.807, 2.05) is 27.7 Å². The molecule has 1 atom stereocenters. The summed E-state index contributed by atoms with van der Waals surface area (Å²) in [5, 5.41) is 15.0. The smallest absolute Gasteiger partial charge is 0.316 e. The molecule has 0 aromatic carbocycles. The third-order valence-electron chi connectivity index (χ3n) is 6.10. The van der Waals surface area contributed by atoms with Gasteiger partial charge in [-0.05, 0) is 47.0 Å². The Kier molecular flexibility index (Phi) is 12.9. The predicted molar refractivity (Wildman–Crippen MR) is 157 cm³/mol. The first-order chi connectivity index (χ1) is 20.5. The number of fused-ring (bicyclic) bond motifs is 2. The van der Waals surface area contributed by atoms with E-state index in [2.05, 4.69) is 45.4 Å². The van der Waals surface area contributed by atoms with E-state index in [1.54, 1.807) is 13.8 Å². The molecule has 0 spiro atoms. The summed E-state index contributed by atoms with van der Waals surface area (Å²) in [6.45, 7) is 12.8. The number of ether oxygens (including phenoxy) is 1. The molecule has 5 aromatic heterocycles. The number of hydrogen-bond donors (Lipinski definition) is 4. The molecular weight excluding hydrogens is 560 g/mol. The van der Waals surface area contributed by atoms with E-state index in [0.717, 1.165) is 22.5 Å². The van der Waals surface area contributed by atoms with Gasteiger partial charge in [0.1, 0.15) is 30.7 Å². The fraction of sp³-hybridized carbons (Fsp3) is 0.462. The van der Waals surface area contributed by atoms with Crippen LogP contribution in [0.2, 0.25) is 0 Å². The highest BCUT2D eigenvalue weighted by atomic mass is 16.5. The number of Topliss-reactive ketones (excluding diaryl/α,β-unsaturated/α-hetero) is 1. The molecule has 5 aromatic rings. The number of rotatable bonds is 6. The van der Waals surface area contributed by atoms with Crippen molar-refractivity contribution in [2.45, 2.75) is 67.7 Å². The summed E-state index contributed by atoms with van der Waals surface area (Å²) in [6, 6.07) is 0. The highest BCUT2D eigenvalue weighted by Crippen LogP contribution is 2.06. The number of esters is 1. The maximum atomic E-state index is 11.7. The number of aryl methyl sites for hydroxylation is 2. The maximum absolute atomic E-state index is 11.7. The number of hydrogen-bond acceptors (Lipinski definition) is 12. The topological polar surface area (TPSA) is 237 Å². The number of nitrogen functional groups attached to an aromatic ring is 1. The summed E-state index contributed by atoms with van der Waals surface area (Å²) in [4.78, 5) is 61.0. The number of H-pyrrole nitrogens is 3. The quantitative estimate of drug-likeness (QED) is 0.159. The molecule has 5 N–H and O–H groups in total. The average molecular weight is 599 g/mol. The Labute approximate surface area is 246 Å². The third kappa shape index (κ3) is 8.88. The van der Waals surface area contributed by atoms with Crippen molar-refractivity contribution in [1.29, 1.82) is 0 Å². The van der Waals surface area contributed by atoms with E-state index >= 15 is 0 Å². The normalized spacial score (nSPS) is 11.0. The van der Waals surface area contributed by atoms with Crippen LogP contribution in [0, 0.1) is 19.8 Å². The second-order valence-corrected chi connectivity index (χ2v) is 8.94. The van der Waals surface area contributed by atoms with Crippen LogP contribution in [0.1, 0.15) is 63.6 Å². The Morgan fingerprint density at radius 3 is 2.12 bits per heavy atom. The minimum absolute atomic E-state index is 0.0289. The van der Waals surface area contributed by atoms with Gasteiger partial charge in [-0.25, -0.2) is 34.5 Å². The number of nitrogens with zero attached hydrogens (tertiary/aromatic N) is 8. The van der Waals surface area contributed by atoms with Crippen LogP contribution in [0.15, 0.2) is 28.6 Å². The molecule has 0 radical (unpaired) electrons. The molecule has 0 saturated heterocycles. The largest absolute Gasteiger partial charge is 0.465 e. The molecule has 232 valence electrons. The zero-order chi connectivity index (χ0) is 32.1. The lowest BCUT2D eigenvalue weighted by Crippen LogP contribution is -2.23. The summed E-state index contributed by atoms with van der Waals surface area (Å²) in [6.07, 6.45) is 6.18. The Hall–Kier alpha value is -5.22. The number of aromatic amines is 3. The van der Waals surface area contributed by atoms with Crippen molar-refractivity contribution in [1.82, 2.24) is 54.3 Å². The first kappa shape index (κ1) is 34.0. The molecule has 0 saturated carbocycles. The van der Waals surface area contributed by atoms with Crippen LogP contribution >= 0.6 is 0 Å². The van der Waals surface area contributed by atoms with Crippen LogP contribution in [0.25, 0.3) is 11.6 Å². The molecule has 17 nitrogen and oxygen atoms in total. The van der Waals surface area contributed by atoms with Gasteiger partial charge >= 0.3 is 5.97 Å². The number of carbonyl (C=O) groups is 2. The van der Waals surface area contributed by atoms with Gasteiger partial charge in [0.25, 0.3) is 16.9 Å². The van der Waals surface area contributed by atoms with Crippen molar-refractivity contribution in [3.63, 3.8) is 0 Å². The van der Waals surface area contributed by atoms with Gasteiger partial charge in [0, 0.05) is 11.1 Å². The summed E-state index contributed by atoms with van der Waals surface area (Å²) in [7, 11) is 0. The second-order valence-electron chi connectivity index (χ2n) is 8.94. The Bertz CT molecular complexity index is 1640. The lowest BCUT2D eigenvalue weighted by atomic mass is 10.0. The molecule has 1 unspecified atom stereocenters. The SMILES string of the molecule is CCOC(=O)C(CC)C(C)=O.CCc1c(C)nc2[nH]ncn2c1=O.CCc1c(C)nc2nc[nH]n2c1=O.Nc1ncn[nH]1. The van der Waals surface area contributed by atoms with Crippen molar-refractivity contribution in [2.24, 2.45) is 5.92 Å². The predicted octanol–water partition coefficient (Wildman–Crippen LogP) is 1.13. The highest BCUT2D eigenvalue weighted by Gasteiger charge is 2.21. The van der Waals surface area contributed by atoms with Gasteiger partial charge in [-0.2, -0.15) is 14.7 Å². The zero-order valence-corrected chi connectivity index (χ0v) is 25.3. The molecule has 0 amide bonds. The molecule has 0 aliphatic carbocycles. The van der Waals surface area contributed by atoms with Gasteiger partial charge in [-0.3, -0.25) is 24.3 Å². The molecule has 0 fully saturated rings. The van der Waals surface area contributed by atoms with E-state index in [9.17, 15) is 19.2 Å². The first-order valence-electron chi connectivity index (χ1n) is 13.6. The molecule has 43 heavy (non-hydrogen) atoms. The van der Waals surface area contributed by atoms with Crippen molar-refractivity contribution >= 4 is 29.3 Å². The van der Waals surface area contributed by atoms with Crippen LogP contribution in [0.4, 0.5) is 5.95 Å². The number of aromatic nitrogens is 11. The van der Waals surface area contributed by atoms with E-state index in [1.165, 1.54) is 34.8 Å². The summed E-state index contributed by atoms with van der Waals surface area (Å²) in [5.74, 6) is 0.206. The van der Waals surface area contributed by atoms with E-state index in [4.69, 9.17) is 10.5 Å². The van der Waals surface area contributed by atoms with Crippen LogP contribution in [-0.2, 0) is 27.2 Å². The molecule has 17 heteroatoms. The number of ketones is 1. The van der Waals surface area contributed by atoms with Crippen LogP contribution in [0.3, 0.4) is 0 Å². The number of nitrogens with two attached hydrogens (primary N) is 1.